The largest absolute Gasteiger partial charge is 0.309 e. The van der Waals surface area contributed by atoms with E-state index in [9.17, 15) is 4.39 Å². The summed E-state index contributed by atoms with van der Waals surface area (Å²) in [7, 11) is 0. The van der Waals surface area contributed by atoms with Gasteiger partial charge in [0.05, 0.1) is 5.02 Å². The minimum Gasteiger partial charge on any atom is -0.309 e. The molecule has 0 aliphatic heterocycles. The SMILES string of the molecule is CCCNC(CSCC)c1ccc(Br)c(Cl)c1F. The van der Waals surface area contributed by atoms with Gasteiger partial charge in [-0.2, -0.15) is 11.8 Å². The van der Waals surface area contributed by atoms with Gasteiger partial charge in [0.25, 0.3) is 0 Å². The second-order valence-electron chi connectivity index (χ2n) is 3.93. The Bertz CT molecular complexity index is 381. The van der Waals surface area contributed by atoms with Crippen LogP contribution in [0.25, 0.3) is 0 Å². The van der Waals surface area contributed by atoms with Crippen LogP contribution in [0.15, 0.2) is 16.6 Å². The van der Waals surface area contributed by atoms with Crippen molar-refractivity contribution in [3.05, 3.63) is 33.0 Å². The van der Waals surface area contributed by atoms with E-state index in [0.29, 0.717) is 10.0 Å². The van der Waals surface area contributed by atoms with E-state index in [0.717, 1.165) is 24.5 Å². The zero-order valence-electron chi connectivity index (χ0n) is 10.6. The molecule has 1 N–H and O–H groups in total. The number of hydrogen-bond donors (Lipinski definition) is 1. The van der Waals surface area contributed by atoms with Gasteiger partial charge in [0.1, 0.15) is 5.82 Å². The highest BCUT2D eigenvalue weighted by molar-refractivity contribution is 9.10. The first-order valence-corrected chi connectivity index (χ1v) is 8.38. The Morgan fingerprint density at radius 3 is 2.78 bits per heavy atom. The topological polar surface area (TPSA) is 12.0 Å². The van der Waals surface area contributed by atoms with Crippen LogP contribution >= 0.6 is 39.3 Å². The fourth-order valence-corrected chi connectivity index (χ4v) is 2.87. The van der Waals surface area contributed by atoms with Gasteiger partial charge in [-0.1, -0.05) is 31.5 Å². The van der Waals surface area contributed by atoms with Gasteiger partial charge in [0.2, 0.25) is 0 Å². The number of hydrogen-bond acceptors (Lipinski definition) is 2. The van der Waals surface area contributed by atoms with Crippen LogP contribution in [0.2, 0.25) is 5.02 Å². The average molecular weight is 355 g/mol. The minimum atomic E-state index is -0.323. The molecule has 0 amide bonds. The lowest BCUT2D eigenvalue weighted by Crippen LogP contribution is -2.25. The molecule has 0 heterocycles. The summed E-state index contributed by atoms with van der Waals surface area (Å²) >= 11 is 11.0. The predicted molar refractivity (Wildman–Crippen MR) is 83.1 cm³/mol. The molecule has 0 saturated carbocycles. The summed E-state index contributed by atoms with van der Waals surface area (Å²) in [6.07, 6.45) is 1.03. The Morgan fingerprint density at radius 1 is 1.44 bits per heavy atom. The Labute approximate surface area is 126 Å². The summed E-state index contributed by atoms with van der Waals surface area (Å²) in [5.74, 6) is 1.55. The minimum absolute atomic E-state index is 0.0144. The van der Waals surface area contributed by atoms with Crippen molar-refractivity contribution in [2.24, 2.45) is 0 Å². The normalized spacial score (nSPS) is 12.7. The average Bonchev–Trinajstić information content (AvgIpc) is 2.37. The highest BCUT2D eigenvalue weighted by atomic mass is 79.9. The van der Waals surface area contributed by atoms with E-state index in [1.807, 2.05) is 0 Å². The van der Waals surface area contributed by atoms with Gasteiger partial charge >= 0.3 is 0 Å². The second-order valence-corrected chi connectivity index (χ2v) is 6.48. The third kappa shape index (κ3) is 4.41. The summed E-state index contributed by atoms with van der Waals surface area (Å²) in [5.41, 5.74) is 0.651. The molecule has 1 unspecified atom stereocenters. The van der Waals surface area contributed by atoms with E-state index in [4.69, 9.17) is 11.6 Å². The van der Waals surface area contributed by atoms with Crippen LogP contribution in [0, 0.1) is 5.82 Å². The molecule has 0 spiro atoms. The van der Waals surface area contributed by atoms with Crippen LogP contribution in [-0.2, 0) is 0 Å². The molecule has 0 fully saturated rings. The highest BCUT2D eigenvalue weighted by Crippen LogP contribution is 2.31. The van der Waals surface area contributed by atoms with E-state index in [2.05, 4.69) is 35.1 Å². The molecule has 0 radical (unpaired) electrons. The summed E-state index contributed by atoms with van der Waals surface area (Å²) in [4.78, 5) is 0. The Kier molecular flexibility index (Phi) is 7.61. The summed E-state index contributed by atoms with van der Waals surface area (Å²) < 4.78 is 14.8. The molecule has 1 nitrogen and oxygen atoms in total. The molecule has 102 valence electrons. The molecule has 0 bridgehead atoms. The molecule has 5 heteroatoms. The molecule has 0 aliphatic carbocycles. The zero-order valence-corrected chi connectivity index (χ0v) is 13.8. The van der Waals surface area contributed by atoms with Gasteiger partial charge in [-0.15, -0.1) is 0 Å². The Balaban J connectivity index is 2.93. The van der Waals surface area contributed by atoms with Crippen molar-refractivity contribution >= 4 is 39.3 Å². The lowest BCUT2D eigenvalue weighted by Gasteiger charge is -2.20. The van der Waals surface area contributed by atoms with Crippen molar-refractivity contribution in [3.63, 3.8) is 0 Å². The Morgan fingerprint density at radius 2 is 2.17 bits per heavy atom. The predicted octanol–water partition coefficient (Wildman–Crippen LogP) is 5.04. The standard InChI is InChI=1S/C13H18BrClFNS/c1-3-7-17-11(8-18-4-2)9-5-6-10(14)12(15)13(9)16/h5-6,11,17H,3-4,7-8H2,1-2H3. The number of nitrogens with one attached hydrogen (secondary N) is 1. The number of rotatable bonds is 7. The molecule has 1 aromatic rings. The van der Waals surface area contributed by atoms with Crippen molar-refractivity contribution in [1.82, 2.24) is 5.32 Å². The second kappa shape index (κ2) is 8.41. The summed E-state index contributed by atoms with van der Waals surface area (Å²) in [6.45, 7) is 5.08. The number of benzene rings is 1. The van der Waals surface area contributed by atoms with Crippen molar-refractivity contribution in [3.8, 4) is 0 Å². The summed E-state index contributed by atoms with van der Waals surface area (Å²) in [5, 5.41) is 3.54. The van der Waals surface area contributed by atoms with Crippen LogP contribution in [0.1, 0.15) is 31.9 Å². The van der Waals surface area contributed by atoms with E-state index in [1.165, 1.54) is 0 Å². The van der Waals surface area contributed by atoms with E-state index >= 15 is 0 Å². The van der Waals surface area contributed by atoms with Gasteiger partial charge in [-0.05, 0) is 40.7 Å². The van der Waals surface area contributed by atoms with E-state index in [-0.39, 0.29) is 16.9 Å². The third-order valence-corrected chi connectivity index (χ3v) is 4.81. The first-order valence-electron chi connectivity index (χ1n) is 6.06. The fourth-order valence-electron chi connectivity index (χ4n) is 1.62. The van der Waals surface area contributed by atoms with Crippen molar-refractivity contribution < 1.29 is 4.39 Å². The molecule has 0 saturated heterocycles. The lowest BCUT2D eigenvalue weighted by atomic mass is 10.1. The number of halogens is 3. The van der Waals surface area contributed by atoms with Crippen LogP contribution in [-0.4, -0.2) is 18.1 Å². The molecule has 18 heavy (non-hydrogen) atoms. The van der Waals surface area contributed by atoms with Crippen LogP contribution in [0.3, 0.4) is 0 Å². The molecule has 0 aromatic heterocycles. The Hall–Kier alpha value is 0.230. The first-order chi connectivity index (χ1) is 8.61. The van der Waals surface area contributed by atoms with Gasteiger partial charge in [-0.3, -0.25) is 0 Å². The molecule has 0 aliphatic rings. The van der Waals surface area contributed by atoms with Gasteiger partial charge in [0.15, 0.2) is 0 Å². The van der Waals surface area contributed by atoms with E-state index in [1.54, 1.807) is 23.9 Å². The van der Waals surface area contributed by atoms with Crippen LogP contribution in [0.5, 0.6) is 0 Å². The first kappa shape index (κ1) is 16.3. The van der Waals surface area contributed by atoms with Gasteiger partial charge in [-0.25, -0.2) is 4.39 Å². The van der Waals surface area contributed by atoms with Crippen molar-refractivity contribution in [1.29, 1.82) is 0 Å². The zero-order chi connectivity index (χ0) is 13.5. The highest BCUT2D eigenvalue weighted by Gasteiger charge is 2.18. The van der Waals surface area contributed by atoms with Crippen molar-refractivity contribution in [2.45, 2.75) is 26.3 Å². The van der Waals surface area contributed by atoms with Crippen LogP contribution < -0.4 is 5.32 Å². The van der Waals surface area contributed by atoms with Gasteiger partial charge in [0, 0.05) is 21.8 Å². The lowest BCUT2D eigenvalue weighted by molar-refractivity contribution is 0.532. The quantitative estimate of drug-likeness (QED) is 0.689. The maximum Gasteiger partial charge on any atom is 0.147 e. The summed E-state index contributed by atoms with van der Waals surface area (Å²) in [6, 6.07) is 3.62. The van der Waals surface area contributed by atoms with Gasteiger partial charge < -0.3 is 5.32 Å². The molecular weight excluding hydrogens is 337 g/mol. The fraction of sp³-hybridized carbons (Fsp3) is 0.538. The smallest absolute Gasteiger partial charge is 0.147 e. The molecular formula is C13H18BrClFNS. The monoisotopic (exact) mass is 353 g/mol. The van der Waals surface area contributed by atoms with E-state index < -0.39 is 0 Å². The maximum atomic E-state index is 14.2. The molecule has 1 aromatic carbocycles. The molecule has 1 atom stereocenters. The molecule has 1 rings (SSSR count). The van der Waals surface area contributed by atoms with Crippen molar-refractivity contribution in [2.75, 3.05) is 18.1 Å². The maximum absolute atomic E-state index is 14.2. The number of thioether (sulfide) groups is 1. The third-order valence-electron chi connectivity index (χ3n) is 2.57. The van der Waals surface area contributed by atoms with Crippen LogP contribution in [0.4, 0.5) is 4.39 Å².